The third-order valence-corrected chi connectivity index (χ3v) is 2.62. The van der Waals surface area contributed by atoms with Crippen molar-refractivity contribution in [3.05, 3.63) is 0 Å². The number of carbonyl (C=O) groups excluding carboxylic acids is 2. The van der Waals surface area contributed by atoms with E-state index in [1.165, 1.54) is 12.8 Å². The van der Waals surface area contributed by atoms with Gasteiger partial charge in [-0.25, -0.2) is 0 Å². The van der Waals surface area contributed by atoms with Crippen molar-refractivity contribution in [2.75, 3.05) is 26.3 Å². The molecule has 14 heavy (non-hydrogen) atoms. The number of Topliss-reactive ketones (excluding diaryl/α,β-unsaturated/α-hetero) is 1. The summed E-state index contributed by atoms with van der Waals surface area (Å²) in [5, 5.41) is 0. The minimum atomic E-state index is -0.0509. The first kappa shape index (κ1) is 9.65. The van der Waals surface area contributed by atoms with Crippen molar-refractivity contribution < 1.29 is 14.3 Å². The molecule has 1 aliphatic heterocycles. The molecule has 4 nitrogen and oxygen atoms in total. The Balaban J connectivity index is 1.59. The van der Waals surface area contributed by atoms with E-state index in [4.69, 9.17) is 4.74 Å². The largest absolute Gasteiger partial charge is 0.379 e. The quantitative estimate of drug-likeness (QED) is 0.467. The minimum absolute atomic E-state index is 0.0252. The SMILES string of the molecule is O=C1CC(=O)N(CCOCC2CC2)C1. The van der Waals surface area contributed by atoms with Crippen molar-refractivity contribution in [2.24, 2.45) is 5.92 Å². The second-order valence-electron chi connectivity index (χ2n) is 4.05. The lowest BCUT2D eigenvalue weighted by molar-refractivity contribution is -0.128. The maximum atomic E-state index is 11.2. The number of ether oxygens (including phenoxy) is 1. The first-order chi connectivity index (χ1) is 6.75. The van der Waals surface area contributed by atoms with Crippen LogP contribution in [-0.4, -0.2) is 42.9 Å². The van der Waals surface area contributed by atoms with Gasteiger partial charge in [0.1, 0.15) is 0 Å². The molecule has 78 valence electrons. The molecule has 0 bridgehead atoms. The highest BCUT2D eigenvalue weighted by Gasteiger charge is 2.27. The summed E-state index contributed by atoms with van der Waals surface area (Å²) in [4.78, 5) is 23.7. The van der Waals surface area contributed by atoms with Crippen LogP contribution in [0.15, 0.2) is 0 Å². The van der Waals surface area contributed by atoms with Crippen molar-refractivity contribution in [3.8, 4) is 0 Å². The van der Waals surface area contributed by atoms with Crippen LogP contribution in [0.4, 0.5) is 0 Å². The van der Waals surface area contributed by atoms with E-state index < -0.39 is 0 Å². The van der Waals surface area contributed by atoms with Crippen LogP contribution in [-0.2, 0) is 14.3 Å². The summed E-state index contributed by atoms with van der Waals surface area (Å²) in [7, 11) is 0. The molecule has 2 rings (SSSR count). The van der Waals surface area contributed by atoms with Crippen LogP contribution in [0.2, 0.25) is 0 Å². The van der Waals surface area contributed by atoms with Gasteiger partial charge in [0.25, 0.3) is 0 Å². The Morgan fingerprint density at radius 3 is 2.71 bits per heavy atom. The van der Waals surface area contributed by atoms with Gasteiger partial charge in [-0.1, -0.05) is 0 Å². The van der Waals surface area contributed by atoms with E-state index in [1.54, 1.807) is 4.90 Å². The Morgan fingerprint density at radius 1 is 1.36 bits per heavy atom. The maximum Gasteiger partial charge on any atom is 0.230 e. The molecule has 0 radical (unpaired) electrons. The second kappa shape index (κ2) is 4.09. The number of amides is 1. The van der Waals surface area contributed by atoms with E-state index in [1.807, 2.05) is 0 Å². The van der Waals surface area contributed by atoms with E-state index >= 15 is 0 Å². The fraction of sp³-hybridized carbons (Fsp3) is 0.800. The predicted molar refractivity (Wildman–Crippen MR) is 49.7 cm³/mol. The lowest BCUT2D eigenvalue weighted by Gasteiger charge is -2.13. The molecule has 2 fully saturated rings. The summed E-state index contributed by atoms with van der Waals surface area (Å²) in [6, 6.07) is 0. The molecular weight excluding hydrogens is 182 g/mol. The number of carbonyl (C=O) groups is 2. The third kappa shape index (κ3) is 2.54. The number of likely N-dealkylation sites (tertiary alicyclic amines) is 1. The standard InChI is InChI=1S/C10H15NO3/c12-9-5-10(13)11(6-9)3-4-14-7-8-1-2-8/h8H,1-7H2. The molecule has 1 saturated heterocycles. The normalized spacial score (nSPS) is 22.1. The summed E-state index contributed by atoms with van der Waals surface area (Å²) in [5.74, 6) is 0.730. The minimum Gasteiger partial charge on any atom is -0.379 e. The van der Waals surface area contributed by atoms with E-state index in [9.17, 15) is 9.59 Å². The third-order valence-electron chi connectivity index (χ3n) is 2.62. The van der Waals surface area contributed by atoms with Gasteiger partial charge in [-0.05, 0) is 18.8 Å². The predicted octanol–water partition coefficient (Wildman–Crippen LogP) is 0.214. The highest BCUT2D eigenvalue weighted by Crippen LogP contribution is 2.28. The molecule has 4 heteroatoms. The summed E-state index contributed by atoms with van der Waals surface area (Å²) >= 11 is 0. The Hall–Kier alpha value is -0.900. The van der Waals surface area contributed by atoms with Crippen molar-refractivity contribution in [1.29, 1.82) is 0 Å². The van der Waals surface area contributed by atoms with Crippen LogP contribution in [0.25, 0.3) is 0 Å². The van der Waals surface area contributed by atoms with Gasteiger partial charge in [0.2, 0.25) is 5.91 Å². The van der Waals surface area contributed by atoms with Gasteiger partial charge in [-0.3, -0.25) is 9.59 Å². The van der Waals surface area contributed by atoms with Crippen molar-refractivity contribution in [1.82, 2.24) is 4.90 Å². The first-order valence-electron chi connectivity index (χ1n) is 5.13. The molecule has 0 aromatic rings. The number of ketones is 1. The van der Waals surface area contributed by atoms with Crippen LogP contribution in [0.3, 0.4) is 0 Å². The number of rotatable bonds is 5. The molecule has 1 heterocycles. The van der Waals surface area contributed by atoms with E-state index in [-0.39, 0.29) is 24.7 Å². The zero-order chi connectivity index (χ0) is 9.97. The highest BCUT2D eigenvalue weighted by atomic mass is 16.5. The van der Waals surface area contributed by atoms with Gasteiger partial charge in [0, 0.05) is 13.2 Å². The lowest BCUT2D eigenvalue weighted by Crippen LogP contribution is -2.29. The fourth-order valence-corrected chi connectivity index (χ4v) is 1.55. The maximum absolute atomic E-state index is 11.2. The van der Waals surface area contributed by atoms with Gasteiger partial charge >= 0.3 is 0 Å². The van der Waals surface area contributed by atoms with Crippen molar-refractivity contribution in [3.63, 3.8) is 0 Å². The first-order valence-corrected chi connectivity index (χ1v) is 5.13. The second-order valence-corrected chi connectivity index (χ2v) is 4.05. The smallest absolute Gasteiger partial charge is 0.230 e. The number of hydrogen-bond donors (Lipinski definition) is 0. The van der Waals surface area contributed by atoms with Gasteiger partial charge in [0.15, 0.2) is 5.78 Å². The fourth-order valence-electron chi connectivity index (χ4n) is 1.55. The van der Waals surface area contributed by atoms with Crippen molar-refractivity contribution in [2.45, 2.75) is 19.3 Å². The molecule has 0 unspecified atom stereocenters. The summed E-state index contributed by atoms with van der Waals surface area (Å²) in [6.07, 6.45) is 2.64. The number of hydrogen-bond acceptors (Lipinski definition) is 3. The summed E-state index contributed by atoms with van der Waals surface area (Å²) in [5.41, 5.74) is 0. The molecule has 0 atom stereocenters. The molecule has 0 aromatic carbocycles. The van der Waals surface area contributed by atoms with E-state index in [0.717, 1.165) is 12.5 Å². The van der Waals surface area contributed by atoms with Crippen LogP contribution >= 0.6 is 0 Å². The Bertz CT molecular complexity index is 248. The van der Waals surface area contributed by atoms with E-state index in [0.29, 0.717) is 13.2 Å². The highest BCUT2D eigenvalue weighted by molar-refractivity contribution is 6.05. The molecular formula is C10H15NO3. The van der Waals surface area contributed by atoms with E-state index in [2.05, 4.69) is 0 Å². The van der Waals surface area contributed by atoms with Gasteiger partial charge in [-0.15, -0.1) is 0 Å². The zero-order valence-electron chi connectivity index (χ0n) is 8.20. The zero-order valence-corrected chi connectivity index (χ0v) is 8.20. The average molecular weight is 197 g/mol. The molecule has 1 amide bonds. The molecule has 0 spiro atoms. The van der Waals surface area contributed by atoms with Crippen LogP contribution < -0.4 is 0 Å². The Morgan fingerprint density at radius 2 is 2.14 bits per heavy atom. The monoisotopic (exact) mass is 197 g/mol. The summed E-state index contributed by atoms with van der Waals surface area (Å²) < 4.78 is 5.40. The van der Waals surface area contributed by atoms with Crippen LogP contribution in [0.1, 0.15) is 19.3 Å². The summed E-state index contributed by atoms with van der Waals surface area (Å²) in [6.45, 7) is 2.23. The molecule has 1 saturated carbocycles. The van der Waals surface area contributed by atoms with Gasteiger partial charge in [-0.2, -0.15) is 0 Å². The Labute approximate surface area is 83.2 Å². The van der Waals surface area contributed by atoms with Crippen molar-refractivity contribution >= 4 is 11.7 Å². The number of nitrogens with zero attached hydrogens (tertiary/aromatic N) is 1. The topological polar surface area (TPSA) is 46.6 Å². The molecule has 2 aliphatic rings. The van der Waals surface area contributed by atoms with Gasteiger partial charge in [0.05, 0.1) is 19.6 Å². The molecule has 1 aliphatic carbocycles. The van der Waals surface area contributed by atoms with Gasteiger partial charge < -0.3 is 9.64 Å². The lowest BCUT2D eigenvalue weighted by atomic mass is 10.3. The average Bonchev–Trinajstić information content (AvgIpc) is 2.88. The molecule has 0 aromatic heterocycles. The van der Waals surface area contributed by atoms with Crippen LogP contribution in [0, 0.1) is 5.92 Å². The van der Waals surface area contributed by atoms with Crippen LogP contribution in [0.5, 0.6) is 0 Å². The Kier molecular flexibility index (Phi) is 2.82. The molecule has 0 N–H and O–H groups in total.